The lowest BCUT2D eigenvalue weighted by Gasteiger charge is -2.07. The number of thiophene rings is 1. The van der Waals surface area contributed by atoms with Crippen molar-refractivity contribution in [3.8, 4) is 0 Å². The number of cyclic esters (lactones) is 1. The third kappa shape index (κ3) is 1.35. The van der Waals surface area contributed by atoms with Gasteiger partial charge in [0, 0.05) is 12.4 Å². The van der Waals surface area contributed by atoms with Crippen molar-refractivity contribution in [1.82, 2.24) is 4.98 Å². The first-order chi connectivity index (χ1) is 7.34. The number of rotatable bonds is 1. The van der Waals surface area contributed by atoms with E-state index in [4.69, 9.17) is 4.74 Å². The molecule has 4 nitrogen and oxygen atoms in total. The van der Waals surface area contributed by atoms with Gasteiger partial charge in [-0.1, -0.05) is 0 Å². The molecule has 5 heteroatoms. The molecule has 0 saturated carbocycles. The maximum absolute atomic E-state index is 11.3. The number of ether oxygens (including phenoxy) is 1. The average Bonchev–Trinajstić information content (AvgIpc) is 2.82. The summed E-state index contributed by atoms with van der Waals surface area (Å²) in [6.45, 7) is 1.12. The fourth-order valence-electron chi connectivity index (χ4n) is 1.60. The highest BCUT2D eigenvalue weighted by Crippen LogP contribution is 2.33. The van der Waals surface area contributed by atoms with Crippen LogP contribution in [0.5, 0.6) is 0 Å². The van der Waals surface area contributed by atoms with E-state index in [-0.39, 0.29) is 6.09 Å². The average molecular weight is 220 g/mol. The van der Waals surface area contributed by atoms with Crippen LogP contribution in [0, 0.1) is 0 Å². The van der Waals surface area contributed by atoms with Crippen LogP contribution in [0.3, 0.4) is 0 Å². The predicted octanol–water partition coefficient (Wildman–Crippen LogP) is 2.25. The van der Waals surface area contributed by atoms with Crippen LogP contribution in [0.4, 0.5) is 9.80 Å². The number of hydrogen-bond acceptors (Lipinski definition) is 4. The molecule has 0 radical (unpaired) electrons. The zero-order valence-corrected chi connectivity index (χ0v) is 8.66. The quantitative estimate of drug-likeness (QED) is 0.740. The van der Waals surface area contributed by atoms with Gasteiger partial charge in [-0.15, -0.1) is 11.3 Å². The summed E-state index contributed by atoms with van der Waals surface area (Å²) in [6.07, 6.45) is 3.31. The van der Waals surface area contributed by atoms with Gasteiger partial charge in [0.15, 0.2) is 0 Å². The summed E-state index contributed by atoms with van der Waals surface area (Å²) >= 11 is 1.56. The Bertz CT molecular complexity index is 490. The molecule has 2 aromatic rings. The van der Waals surface area contributed by atoms with Crippen LogP contribution in [-0.2, 0) is 4.74 Å². The molecule has 0 atom stereocenters. The van der Waals surface area contributed by atoms with E-state index in [1.807, 2.05) is 18.3 Å². The number of pyridine rings is 1. The van der Waals surface area contributed by atoms with E-state index in [0.717, 1.165) is 15.1 Å². The van der Waals surface area contributed by atoms with Gasteiger partial charge in [-0.25, -0.2) is 4.79 Å². The number of anilines is 1. The Hall–Kier alpha value is -1.62. The van der Waals surface area contributed by atoms with Gasteiger partial charge in [0.05, 0.1) is 11.2 Å². The second-order valence-electron chi connectivity index (χ2n) is 3.26. The molecule has 1 amide bonds. The first-order valence-corrected chi connectivity index (χ1v) is 5.44. The van der Waals surface area contributed by atoms with Gasteiger partial charge in [-0.05, 0) is 17.5 Å². The van der Waals surface area contributed by atoms with Gasteiger partial charge in [0.1, 0.15) is 11.6 Å². The molecule has 1 aliphatic rings. The van der Waals surface area contributed by atoms with E-state index >= 15 is 0 Å². The number of aromatic nitrogens is 1. The molecule has 1 saturated heterocycles. The Morgan fingerprint density at radius 2 is 2.47 bits per heavy atom. The highest BCUT2D eigenvalue weighted by molar-refractivity contribution is 7.22. The zero-order chi connectivity index (χ0) is 10.3. The summed E-state index contributed by atoms with van der Waals surface area (Å²) in [5, 5.41) is 2.05. The highest BCUT2D eigenvalue weighted by Gasteiger charge is 2.24. The molecule has 0 N–H and O–H groups in total. The molecule has 76 valence electrons. The highest BCUT2D eigenvalue weighted by atomic mass is 32.1. The maximum Gasteiger partial charge on any atom is 0.415 e. The van der Waals surface area contributed by atoms with E-state index in [9.17, 15) is 4.79 Å². The SMILES string of the molecule is O=C1OCCN1c1cc2ccncc2s1. The minimum atomic E-state index is -0.255. The van der Waals surface area contributed by atoms with Crippen LogP contribution in [-0.4, -0.2) is 24.2 Å². The van der Waals surface area contributed by atoms with Crippen LogP contribution in [0.1, 0.15) is 0 Å². The molecule has 3 heterocycles. The normalized spacial score (nSPS) is 16.0. The summed E-state index contributed by atoms with van der Waals surface area (Å²) in [5.41, 5.74) is 0. The van der Waals surface area contributed by atoms with Crippen LogP contribution in [0.15, 0.2) is 24.5 Å². The second-order valence-corrected chi connectivity index (χ2v) is 4.33. The second kappa shape index (κ2) is 3.20. The van der Waals surface area contributed by atoms with Crippen molar-refractivity contribution in [2.75, 3.05) is 18.1 Å². The third-order valence-electron chi connectivity index (χ3n) is 2.34. The predicted molar refractivity (Wildman–Crippen MR) is 58.3 cm³/mol. The Morgan fingerprint density at radius 1 is 1.53 bits per heavy atom. The van der Waals surface area contributed by atoms with Crippen molar-refractivity contribution in [3.05, 3.63) is 24.5 Å². The van der Waals surface area contributed by atoms with E-state index in [2.05, 4.69) is 4.98 Å². The molecular weight excluding hydrogens is 212 g/mol. The molecular formula is C10H8N2O2S. The van der Waals surface area contributed by atoms with Crippen LogP contribution >= 0.6 is 11.3 Å². The lowest BCUT2D eigenvalue weighted by molar-refractivity contribution is 0.181. The summed E-state index contributed by atoms with van der Waals surface area (Å²) < 4.78 is 5.98. The molecule has 3 rings (SSSR count). The maximum atomic E-state index is 11.3. The van der Waals surface area contributed by atoms with E-state index < -0.39 is 0 Å². The molecule has 15 heavy (non-hydrogen) atoms. The number of hydrogen-bond donors (Lipinski definition) is 0. The van der Waals surface area contributed by atoms with Gasteiger partial charge >= 0.3 is 6.09 Å². The molecule has 0 aliphatic carbocycles. The lowest BCUT2D eigenvalue weighted by atomic mass is 10.3. The van der Waals surface area contributed by atoms with Crippen molar-refractivity contribution in [3.63, 3.8) is 0 Å². The first-order valence-electron chi connectivity index (χ1n) is 4.62. The van der Waals surface area contributed by atoms with Gasteiger partial charge in [-0.2, -0.15) is 0 Å². The monoisotopic (exact) mass is 220 g/mol. The molecule has 0 bridgehead atoms. The van der Waals surface area contributed by atoms with E-state index in [1.54, 1.807) is 22.4 Å². The Labute approximate surface area is 90.1 Å². The lowest BCUT2D eigenvalue weighted by Crippen LogP contribution is -2.21. The topological polar surface area (TPSA) is 42.4 Å². The fourth-order valence-corrected chi connectivity index (χ4v) is 2.64. The van der Waals surface area contributed by atoms with Crippen molar-refractivity contribution in [2.24, 2.45) is 0 Å². The Morgan fingerprint density at radius 3 is 3.20 bits per heavy atom. The number of carbonyl (C=O) groups is 1. The molecule has 1 fully saturated rings. The Balaban J connectivity index is 2.08. The van der Waals surface area contributed by atoms with Gasteiger partial charge < -0.3 is 4.74 Å². The summed E-state index contributed by atoms with van der Waals surface area (Å²) in [6, 6.07) is 3.94. The fraction of sp³-hybridized carbons (Fsp3) is 0.200. The van der Waals surface area contributed by atoms with E-state index in [1.165, 1.54) is 0 Å². The standard InChI is InChI=1S/C10H8N2O2S/c13-10-12(3-4-14-10)9-5-7-1-2-11-6-8(7)15-9/h1-2,5-6H,3-4H2. The number of fused-ring (bicyclic) bond motifs is 1. The first kappa shape index (κ1) is 8.67. The van der Waals surface area contributed by atoms with Gasteiger partial charge in [0.2, 0.25) is 0 Å². The summed E-state index contributed by atoms with van der Waals surface area (Å²) in [5.74, 6) is 0. The van der Waals surface area contributed by atoms with Gasteiger partial charge in [0.25, 0.3) is 0 Å². The Kier molecular flexibility index (Phi) is 1.85. The molecule has 0 aromatic carbocycles. The number of carbonyl (C=O) groups excluding carboxylic acids is 1. The molecule has 1 aliphatic heterocycles. The summed E-state index contributed by atoms with van der Waals surface area (Å²) in [7, 11) is 0. The van der Waals surface area contributed by atoms with Crippen molar-refractivity contribution < 1.29 is 9.53 Å². The number of nitrogens with zero attached hydrogens (tertiary/aromatic N) is 2. The van der Waals surface area contributed by atoms with Gasteiger partial charge in [-0.3, -0.25) is 9.88 Å². The van der Waals surface area contributed by atoms with Crippen molar-refractivity contribution >= 4 is 32.5 Å². The number of amides is 1. The van der Waals surface area contributed by atoms with Crippen molar-refractivity contribution in [1.29, 1.82) is 0 Å². The third-order valence-corrected chi connectivity index (χ3v) is 3.45. The smallest absolute Gasteiger partial charge is 0.415 e. The van der Waals surface area contributed by atoms with Crippen LogP contribution in [0.2, 0.25) is 0 Å². The minimum Gasteiger partial charge on any atom is -0.447 e. The minimum absolute atomic E-state index is 0.255. The molecule has 0 spiro atoms. The molecule has 2 aromatic heterocycles. The largest absolute Gasteiger partial charge is 0.447 e. The van der Waals surface area contributed by atoms with E-state index in [0.29, 0.717) is 13.2 Å². The zero-order valence-electron chi connectivity index (χ0n) is 7.84. The van der Waals surface area contributed by atoms with Crippen molar-refractivity contribution in [2.45, 2.75) is 0 Å². The van der Waals surface area contributed by atoms with Crippen LogP contribution < -0.4 is 4.90 Å². The van der Waals surface area contributed by atoms with Crippen LogP contribution in [0.25, 0.3) is 10.1 Å². The summed E-state index contributed by atoms with van der Waals surface area (Å²) in [4.78, 5) is 17.1. The molecule has 0 unspecified atom stereocenters.